The molecule has 1 heterocycles. The van der Waals surface area contributed by atoms with Crippen LogP contribution in [0.4, 0.5) is 24.7 Å². The molecule has 2 atom stereocenters. The van der Waals surface area contributed by atoms with Gasteiger partial charge in [0.15, 0.2) is 21.4 Å². The van der Waals surface area contributed by atoms with E-state index < -0.39 is 32.6 Å². The van der Waals surface area contributed by atoms with Gasteiger partial charge in [-0.3, -0.25) is 9.48 Å². The summed E-state index contributed by atoms with van der Waals surface area (Å²) in [6, 6.07) is 6.67. The number of rotatable bonds is 6. The van der Waals surface area contributed by atoms with Crippen LogP contribution in [0.25, 0.3) is 0 Å². The molecule has 3 N–H and O–H groups in total. The van der Waals surface area contributed by atoms with Gasteiger partial charge in [0, 0.05) is 11.9 Å². The van der Waals surface area contributed by atoms with Crippen LogP contribution in [-0.2, 0) is 9.84 Å². The predicted molar refractivity (Wildman–Crippen MR) is 105 cm³/mol. The number of alkyl halides is 3. The maximum atomic E-state index is 12.5. The lowest BCUT2D eigenvalue weighted by molar-refractivity contribution is -0.106. The van der Waals surface area contributed by atoms with Crippen LogP contribution in [0.5, 0.6) is 0 Å². The molecule has 1 fully saturated rings. The van der Waals surface area contributed by atoms with E-state index in [1.807, 2.05) is 0 Å². The number of nitrogens with one attached hydrogen (secondary N) is 1. The number of carbonyl (C=O) groups excluding carboxylic acids is 1. The number of nitrogens with two attached hydrogens (primary N) is 1. The van der Waals surface area contributed by atoms with Crippen molar-refractivity contribution in [3.8, 4) is 6.07 Å². The van der Waals surface area contributed by atoms with Crippen molar-refractivity contribution in [1.82, 2.24) is 9.78 Å². The second-order valence-corrected chi connectivity index (χ2v) is 9.34. The zero-order valence-corrected chi connectivity index (χ0v) is 17.1. The van der Waals surface area contributed by atoms with E-state index in [1.165, 1.54) is 23.0 Å². The van der Waals surface area contributed by atoms with Crippen LogP contribution in [0.1, 0.15) is 42.1 Å². The van der Waals surface area contributed by atoms with Crippen molar-refractivity contribution in [2.45, 2.75) is 42.8 Å². The number of aromatic nitrogens is 2. The first-order valence-corrected chi connectivity index (χ1v) is 11.1. The Hall–Kier alpha value is -3.07. The zero-order valence-electron chi connectivity index (χ0n) is 16.3. The molecule has 1 aromatic carbocycles. The number of hydrogen-bond acceptors (Lipinski definition) is 6. The highest BCUT2D eigenvalue weighted by Gasteiger charge is 2.36. The van der Waals surface area contributed by atoms with Gasteiger partial charge in [-0.15, -0.1) is 0 Å². The molecule has 166 valence electrons. The summed E-state index contributed by atoms with van der Waals surface area (Å²) in [5.74, 6) is -2.84. The zero-order chi connectivity index (χ0) is 22.8. The molecule has 1 aliphatic carbocycles. The molecular formula is C19H20F3N5O3S. The Morgan fingerprint density at radius 3 is 2.48 bits per heavy atom. The first kappa shape index (κ1) is 22.6. The van der Waals surface area contributed by atoms with Crippen molar-refractivity contribution in [2.24, 2.45) is 11.7 Å². The van der Waals surface area contributed by atoms with E-state index in [0.29, 0.717) is 5.69 Å². The van der Waals surface area contributed by atoms with Crippen molar-refractivity contribution in [2.75, 3.05) is 11.1 Å². The molecule has 1 amide bonds. The van der Waals surface area contributed by atoms with Gasteiger partial charge in [0.1, 0.15) is 5.56 Å². The number of nitriles is 1. The summed E-state index contributed by atoms with van der Waals surface area (Å²) in [6.45, 7) is 0. The van der Waals surface area contributed by atoms with Gasteiger partial charge in [-0.1, -0.05) is 12.8 Å². The van der Waals surface area contributed by atoms with Gasteiger partial charge in [0.05, 0.1) is 22.9 Å². The minimum absolute atomic E-state index is 0.0797. The third-order valence-electron chi connectivity index (χ3n) is 5.06. The van der Waals surface area contributed by atoms with Gasteiger partial charge in [0.25, 0.3) is 5.91 Å². The Balaban J connectivity index is 1.85. The highest BCUT2D eigenvalue weighted by Crippen LogP contribution is 2.34. The first-order valence-electron chi connectivity index (χ1n) is 9.45. The van der Waals surface area contributed by atoms with Gasteiger partial charge >= 0.3 is 6.18 Å². The van der Waals surface area contributed by atoms with Crippen molar-refractivity contribution < 1.29 is 26.4 Å². The minimum atomic E-state index is -4.85. The Morgan fingerprint density at radius 1 is 1.26 bits per heavy atom. The molecular weight excluding hydrogens is 435 g/mol. The molecule has 0 aliphatic heterocycles. The fraction of sp³-hybridized carbons (Fsp3) is 0.421. The number of carbonyl (C=O) groups is 1. The number of nitrogens with zero attached hydrogens (tertiary/aromatic N) is 3. The van der Waals surface area contributed by atoms with E-state index in [4.69, 9.17) is 5.73 Å². The van der Waals surface area contributed by atoms with Gasteiger partial charge in [-0.05, 0) is 37.1 Å². The molecule has 1 aromatic heterocycles. The normalized spacial score (nSPS) is 19.5. The summed E-state index contributed by atoms with van der Waals surface area (Å²) in [5.41, 5.74) is 5.82. The number of hydrogen-bond donors (Lipinski definition) is 2. The molecule has 0 radical (unpaired) electrons. The van der Waals surface area contributed by atoms with Crippen molar-refractivity contribution in [3.63, 3.8) is 0 Å². The third kappa shape index (κ3) is 5.35. The van der Waals surface area contributed by atoms with Crippen molar-refractivity contribution in [1.29, 1.82) is 5.26 Å². The van der Waals surface area contributed by atoms with Crippen molar-refractivity contribution >= 4 is 27.2 Å². The molecule has 1 saturated carbocycles. The summed E-state index contributed by atoms with van der Waals surface area (Å²) in [6.07, 6.45) is -0.0714. The van der Waals surface area contributed by atoms with E-state index in [9.17, 15) is 31.6 Å². The van der Waals surface area contributed by atoms with Crippen LogP contribution in [-0.4, -0.2) is 36.0 Å². The molecule has 31 heavy (non-hydrogen) atoms. The quantitative estimate of drug-likeness (QED) is 0.687. The molecule has 1 unspecified atom stereocenters. The monoisotopic (exact) mass is 455 g/mol. The molecule has 0 spiro atoms. The van der Waals surface area contributed by atoms with E-state index in [2.05, 4.69) is 16.5 Å². The lowest BCUT2D eigenvalue weighted by Crippen LogP contribution is -2.22. The summed E-state index contributed by atoms with van der Waals surface area (Å²) in [7, 11) is -4.53. The lowest BCUT2D eigenvalue weighted by atomic mass is 9.85. The third-order valence-corrected chi connectivity index (χ3v) is 6.76. The Bertz CT molecular complexity index is 1100. The number of benzene rings is 1. The average molecular weight is 455 g/mol. The molecule has 8 nitrogen and oxygen atoms in total. The number of halogens is 3. The van der Waals surface area contributed by atoms with Gasteiger partial charge < -0.3 is 11.1 Å². The standard InChI is InChI=1S/C19H20F3N5O3S/c20-19(21,22)11-31(29,30)14-7-5-13(6-8-14)25-18-15(17(24)28)10-27(26-18)16-4-2-1-3-12(16)9-23/h5-8,10,12,16H,1-4,11H2,(H2,24,28)(H,25,26)/t12-,16?/m0/s1. The average Bonchev–Trinajstić information content (AvgIpc) is 3.10. The summed E-state index contributed by atoms with van der Waals surface area (Å²) in [5, 5.41) is 16.6. The summed E-state index contributed by atoms with van der Waals surface area (Å²) in [4.78, 5) is 11.4. The number of amides is 1. The molecule has 0 bridgehead atoms. The SMILES string of the molecule is N#C[C@@H]1CCCCC1n1cc(C(N)=O)c(Nc2ccc(S(=O)(=O)CC(F)(F)F)cc2)n1. The van der Waals surface area contributed by atoms with Gasteiger partial charge in [-0.25, -0.2) is 8.42 Å². The fourth-order valence-corrected chi connectivity index (χ4v) is 4.74. The van der Waals surface area contributed by atoms with Gasteiger partial charge in [-0.2, -0.15) is 23.5 Å². The highest BCUT2D eigenvalue weighted by molar-refractivity contribution is 7.91. The van der Waals surface area contributed by atoms with Crippen LogP contribution in [0.15, 0.2) is 35.4 Å². The second kappa shape index (κ2) is 8.58. The number of primary amides is 1. The maximum Gasteiger partial charge on any atom is 0.403 e. The number of anilines is 2. The van der Waals surface area contributed by atoms with E-state index in [1.54, 1.807) is 0 Å². The topological polar surface area (TPSA) is 131 Å². The van der Waals surface area contributed by atoms with Crippen molar-refractivity contribution in [3.05, 3.63) is 36.0 Å². The summed E-state index contributed by atoms with van der Waals surface area (Å²) < 4.78 is 62.6. The predicted octanol–water partition coefficient (Wildman–Crippen LogP) is 3.32. The van der Waals surface area contributed by atoms with Crippen LogP contribution in [0.2, 0.25) is 0 Å². The Morgan fingerprint density at radius 2 is 1.90 bits per heavy atom. The van der Waals surface area contributed by atoms with Crippen LogP contribution >= 0.6 is 0 Å². The van der Waals surface area contributed by atoms with E-state index in [-0.39, 0.29) is 23.3 Å². The number of sulfone groups is 1. The largest absolute Gasteiger partial charge is 0.403 e. The van der Waals surface area contributed by atoms with Crippen LogP contribution < -0.4 is 11.1 Å². The smallest absolute Gasteiger partial charge is 0.365 e. The molecule has 0 saturated heterocycles. The van der Waals surface area contributed by atoms with E-state index in [0.717, 1.165) is 37.8 Å². The summed E-state index contributed by atoms with van der Waals surface area (Å²) >= 11 is 0. The van der Waals surface area contributed by atoms with E-state index >= 15 is 0 Å². The van der Waals surface area contributed by atoms with Crippen LogP contribution in [0, 0.1) is 17.2 Å². The Kier molecular flexibility index (Phi) is 6.26. The highest BCUT2D eigenvalue weighted by atomic mass is 32.2. The van der Waals surface area contributed by atoms with Crippen LogP contribution in [0.3, 0.4) is 0 Å². The molecule has 12 heteroatoms. The molecule has 3 rings (SSSR count). The minimum Gasteiger partial charge on any atom is -0.365 e. The first-order chi connectivity index (χ1) is 14.5. The van der Waals surface area contributed by atoms with Gasteiger partial charge in [0.2, 0.25) is 0 Å². The molecule has 1 aliphatic rings. The lowest BCUT2D eigenvalue weighted by Gasteiger charge is -2.26. The fourth-order valence-electron chi connectivity index (χ4n) is 3.59. The second-order valence-electron chi connectivity index (χ2n) is 7.35. The Labute approximate surface area is 176 Å². The maximum absolute atomic E-state index is 12.5. The molecule has 2 aromatic rings.